The summed E-state index contributed by atoms with van der Waals surface area (Å²) in [5, 5.41) is 11.5. The Morgan fingerprint density at radius 2 is 1.86 bits per heavy atom. The first kappa shape index (κ1) is 18.2. The summed E-state index contributed by atoms with van der Waals surface area (Å²) in [6, 6.07) is 0. The monoisotopic (exact) mass is 320 g/mol. The molecule has 0 radical (unpaired) electrons. The van der Waals surface area contributed by atoms with Gasteiger partial charge >= 0.3 is 0 Å². The Kier molecular flexibility index (Phi) is 7.41. The van der Waals surface area contributed by atoms with Crippen LogP contribution in [0.4, 0.5) is 0 Å². The molecule has 3 N–H and O–H groups in total. The van der Waals surface area contributed by atoms with E-state index in [1.165, 1.54) is 4.31 Å². The molecule has 0 unspecified atom stereocenters. The Labute approximate surface area is 128 Å². The minimum Gasteiger partial charge on any atom is -0.409 e. The summed E-state index contributed by atoms with van der Waals surface area (Å²) in [6.07, 6.45) is 4.22. The van der Waals surface area contributed by atoms with Gasteiger partial charge in [-0.15, -0.1) is 0 Å². The van der Waals surface area contributed by atoms with Gasteiger partial charge in [-0.25, -0.2) is 0 Å². The van der Waals surface area contributed by atoms with Crippen LogP contribution in [0.2, 0.25) is 0 Å². The topological polar surface area (TPSA) is 99.2 Å². The van der Waals surface area contributed by atoms with Gasteiger partial charge in [0.15, 0.2) is 0 Å². The Bertz CT molecular complexity index is 429. The highest BCUT2D eigenvalue weighted by Gasteiger charge is 2.30. The van der Waals surface area contributed by atoms with Crippen molar-refractivity contribution in [3.8, 4) is 0 Å². The van der Waals surface area contributed by atoms with Crippen molar-refractivity contribution < 1.29 is 13.6 Å². The molecular formula is C13H28N4O3S. The van der Waals surface area contributed by atoms with Crippen molar-refractivity contribution in [3.63, 3.8) is 0 Å². The zero-order chi connectivity index (χ0) is 15.9. The van der Waals surface area contributed by atoms with E-state index in [4.69, 9.17) is 10.9 Å². The lowest BCUT2D eigenvalue weighted by Crippen LogP contribution is -2.46. The number of amidine groups is 1. The van der Waals surface area contributed by atoms with Crippen molar-refractivity contribution in [2.45, 2.75) is 46.0 Å². The Hall–Kier alpha value is -0.860. The summed E-state index contributed by atoms with van der Waals surface area (Å²) < 4.78 is 28.6. The molecule has 0 amide bonds. The molecule has 0 aromatic carbocycles. The third-order valence-corrected chi connectivity index (χ3v) is 5.53. The van der Waals surface area contributed by atoms with E-state index in [1.807, 2.05) is 13.8 Å². The highest BCUT2D eigenvalue weighted by molar-refractivity contribution is 7.86. The fraction of sp³-hybridized carbons (Fsp3) is 0.923. The fourth-order valence-corrected chi connectivity index (χ4v) is 4.29. The lowest BCUT2D eigenvalue weighted by molar-refractivity contribution is 0.309. The number of hydrogen-bond acceptors (Lipinski definition) is 4. The summed E-state index contributed by atoms with van der Waals surface area (Å²) in [7, 11) is -3.47. The summed E-state index contributed by atoms with van der Waals surface area (Å²) in [4.78, 5) is 0. The van der Waals surface area contributed by atoms with Gasteiger partial charge in [0.2, 0.25) is 0 Å². The van der Waals surface area contributed by atoms with Gasteiger partial charge in [-0.05, 0) is 18.8 Å². The highest BCUT2D eigenvalue weighted by Crippen LogP contribution is 2.17. The van der Waals surface area contributed by atoms with Gasteiger partial charge in [0.1, 0.15) is 5.84 Å². The number of nitrogens with two attached hydrogens (primary N) is 1. The van der Waals surface area contributed by atoms with Crippen molar-refractivity contribution in [2.75, 3.05) is 26.2 Å². The van der Waals surface area contributed by atoms with Gasteiger partial charge in [-0.3, -0.25) is 0 Å². The van der Waals surface area contributed by atoms with Crippen LogP contribution in [0, 0.1) is 5.92 Å². The van der Waals surface area contributed by atoms with Crippen molar-refractivity contribution in [2.24, 2.45) is 16.8 Å². The maximum Gasteiger partial charge on any atom is 0.281 e. The quantitative estimate of drug-likeness (QED) is 0.319. The highest BCUT2D eigenvalue weighted by atomic mass is 32.2. The van der Waals surface area contributed by atoms with Crippen LogP contribution < -0.4 is 5.73 Å². The molecule has 0 aromatic heterocycles. The van der Waals surface area contributed by atoms with E-state index in [1.54, 1.807) is 4.31 Å². The summed E-state index contributed by atoms with van der Waals surface area (Å²) in [5.41, 5.74) is 5.46. The van der Waals surface area contributed by atoms with Crippen LogP contribution in [0.5, 0.6) is 0 Å². The maximum atomic E-state index is 12.8. The standard InChI is InChI=1S/C13H28N4O3S/c1-12(2)11-17(10-7-13(14)15-18)21(19,20)16-8-5-3-4-6-9-16/h12,18H,3-11H2,1-2H3,(H2,14,15). The molecule has 1 rings (SSSR count). The summed E-state index contributed by atoms with van der Waals surface area (Å²) in [6.45, 7) is 5.81. The molecule has 1 aliphatic rings. The van der Waals surface area contributed by atoms with E-state index in [-0.39, 0.29) is 24.7 Å². The van der Waals surface area contributed by atoms with E-state index >= 15 is 0 Å². The van der Waals surface area contributed by atoms with Crippen LogP contribution in [0.1, 0.15) is 46.0 Å². The molecule has 0 saturated carbocycles. The molecule has 8 heteroatoms. The van der Waals surface area contributed by atoms with E-state index in [0.29, 0.717) is 19.6 Å². The largest absolute Gasteiger partial charge is 0.409 e. The van der Waals surface area contributed by atoms with Gasteiger partial charge < -0.3 is 10.9 Å². The van der Waals surface area contributed by atoms with E-state index in [9.17, 15) is 8.42 Å². The molecule has 0 aliphatic carbocycles. The van der Waals surface area contributed by atoms with Gasteiger partial charge in [-0.2, -0.15) is 17.0 Å². The Balaban J connectivity index is 2.82. The molecule has 0 bridgehead atoms. The van der Waals surface area contributed by atoms with E-state index in [2.05, 4.69) is 5.16 Å². The lowest BCUT2D eigenvalue weighted by atomic mass is 10.2. The maximum absolute atomic E-state index is 12.8. The number of oxime groups is 1. The third-order valence-electron chi connectivity index (χ3n) is 3.53. The second-order valence-electron chi connectivity index (χ2n) is 5.91. The molecule has 7 nitrogen and oxygen atoms in total. The van der Waals surface area contributed by atoms with Crippen molar-refractivity contribution in [1.29, 1.82) is 0 Å². The molecule has 1 fully saturated rings. The van der Waals surface area contributed by atoms with Crippen molar-refractivity contribution in [1.82, 2.24) is 8.61 Å². The molecule has 0 aromatic rings. The average Bonchev–Trinajstić information content (AvgIpc) is 2.71. The molecule has 124 valence electrons. The molecule has 21 heavy (non-hydrogen) atoms. The van der Waals surface area contributed by atoms with Gasteiger partial charge in [0.25, 0.3) is 10.2 Å². The van der Waals surface area contributed by atoms with Crippen LogP contribution >= 0.6 is 0 Å². The van der Waals surface area contributed by atoms with Crippen LogP contribution in [-0.4, -0.2) is 54.3 Å². The minimum atomic E-state index is -3.47. The second-order valence-corrected chi connectivity index (χ2v) is 7.84. The Morgan fingerprint density at radius 1 is 1.29 bits per heavy atom. The Morgan fingerprint density at radius 3 is 2.33 bits per heavy atom. The van der Waals surface area contributed by atoms with Gasteiger partial charge in [0.05, 0.1) is 0 Å². The van der Waals surface area contributed by atoms with Gasteiger partial charge in [-0.1, -0.05) is 31.8 Å². The van der Waals surface area contributed by atoms with E-state index < -0.39 is 10.2 Å². The fourth-order valence-electron chi connectivity index (χ4n) is 2.43. The first-order valence-corrected chi connectivity index (χ1v) is 8.99. The van der Waals surface area contributed by atoms with Crippen LogP contribution in [0.15, 0.2) is 5.16 Å². The third kappa shape index (κ3) is 5.80. The second kappa shape index (κ2) is 8.55. The smallest absolute Gasteiger partial charge is 0.281 e. The average molecular weight is 320 g/mol. The number of rotatable bonds is 7. The first-order chi connectivity index (χ1) is 9.87. The minimum absolute atomic E-state index is 0.0508. The van der Waals surface area contributed by atoms with Crippen LogP contribution in [0.25, 0.3) is 0 Å². The molecule has 0 atom stereocenters. The molecule has 1 aliphatic heterocycles. The van der Waals surface area contributed by atoms with E-state index in [0.717, 1.165) is 25.7 Å². The zero-order valence-electron chi connectivity index (χ0n) is 13.0. The predicted molar refractivity (Wildman–Crippen MR) is 83.4 cm³/mol. The number of nitrogens with zero attached hydrogens (tertiary/aromatic N) is 3. The summed E-state index contributed by atoms with van der Waals surface area (Å²) >= 11 is 0. The summed E-state index contributed by atoms with van der Waals surface area (Å²) in [5.74, 6) is 0.272. The zero-order valence-corrected chi connectivity index (χ0v) is 13.8. The van der Waals surface area contributed by atoms with Gasteiger partial charge in [0, 0.05) is 32.6 Å². The predicted octanol–water partition coefficient (Wildman–Crippen LogP) is 1.20. The van der Waals surface area contributed by atoms with Crippen LogP contribution in [0.3, 0.4) is 0 Å². The first-order valence-electron chi connectivity index (χ1n) is 7.59. The molecular weight excluding hydrogens is 292 g/mol. The number of hydrogen-bond donors (Lipinski definition) is 2. The van der Waals surface area contributed by atoms with Crippen molar-refractivity contribution >= 4 is 16.0 Å². The lowest BCUT2D eigenvalue weighted by Gasteiger charge is -2.30. The molecule has 1 heterocycles. The SMILES string of the molecule is CC(C)CN(CCC(N)=NO)S(=O)(=O)N1CCCCCC1. The molecule has 1 saturated heterocycles. The normalized spacial score (nSPS) is 19.1. The van der Waals surface area contributed by atoms with Crippen LogP contribution in [-0.2, 0) is 10.2 Å². The van der Waals surface area contributed by atoms with Crippen molar-refractivity contribution in [3.05, 3.63) is 0 Å². The molecule has 0 spiro atoms.